The van der Waals surface area contributed by atoms with Crippen molar-refractivity contribution in [1.29, 1.82) is 0 Å². The highest BCUT2D eigenvalue weighted by atomic mass is 16.5. The Hall–Kier alpha value is -1.81. The van der Waals surface area contributed by atoms with Crippen LogP contribution in [0, 0.1) is 0 Å². The van der Waals surface area contributed by atoms with Crippen molar-refractivity contribution in [3.05, 3.63) is 47.5 Å². The van der Waals surface area contributed by atoms with Crippen LogP contribution < -0.4 is 5.32 Å². The maximum atomic E-state index is 12.3. The van der Waals surface area contributed by atoms with Crippen LogP contribution in [0.15, 0.2) is 42.0 Å². The first-order chi connectivity index (χ1) is 9.68. The summed E-state index contributed by atoms with van der Waals surface area (Å²) in [6.45, 7) is 6.39. The highest BCUT2D eigenvalue weighted by Gasteiger charge is 2.28. The molecule has 2 rings (SSSR count). The fourth-order valence-corrected chi connectivity index (χ4v) is 2.24. The van der Waals surface area contributed by atoms with Gasteiger partial charge in [-0.25, -0.2) is 4.79 Å². The lowest BCUT2D eigenvalue weighted by molar-refractivity contribution is 0.0119. The van der Waals surface area contributed by atoms with Gasteiger partial charge in [-0.2, -0.15) is 0 Å². The summed E-state index contributed by atoms with van der Waals surface area (Å²) in [6.07, 6.45) is 2.01. The summed E-state index contributed by atoms with van der Waals surface area (Å²) < 4.78 is 5.53. The lowest BCUT2D eigenvalue weighted by Gasteiger charge is -2.35. The molecular weight excluding hydrogens is 252 g/mol. The van der Waals surface area contributed by atoms with E-state index in [1.54, 1.807) is 0 Å². The Morgan fingerprint density at radius 1 is 1.40 bits per heavy atom. The van der Waals surface area contributed by atoms with Gasteiger partial charge in [0.2, 0.25) is 0 Å². The maximum Gasteiger partial charge on any atom is 0.318 e. The monoisotopic (exact) mass is 274 g/mol. The fourth-order valence-electron chi connectivity index (χ4n) is 2.24. The van der Waals surface area contributed by atoms with Crippen molar-refractivity contribution >= 4 is 6.03 Å². The zero-order valence-electron chi connectivity index (χ0n) is 12.1. The Bertz CT molecular complexity index is 467. The lowest BCUT2D eigenvalue weighted by atomic mass is 10.1. The van der Waals surface area contributed by atoms with Gasteiger partial charge in [-0.1, -0.05) is 42.0 Å². The first-order valence-electron chi connectivity index (χ1n) is 6.99. The number of rotatable bonds is 3. The van der Waals surface area contributed by atoms with Crippen LogP contribution in [0.25, 0.3) is 0 Å². The molecule has 0 aliphatic carbocycles. The number of nitrogens with one attached hydrogen (secondary N) is 1. The minimum absolute atomic E-state index is 0.00310. The first kappa shape index (κ1) is 14.6. The number of hydrogen-bond donors (Lipinski definition) is 1. The van der Waals surface area contributed by atoms with Gasteiger partial charge in [-0.3, -0.25) is 0 Å². The van der Waals surface area contributed by atoms with Gasteiger partial charge in [-0.15, -0.1) is 0 Å². The molecule has 4 heteroatoms. The fraction of sp³-hybridized carbons (Fsp3) is 0.438. The summed E-state index contributed by atoms with van der Waals surface area (Å²) in [5.41, 5.74) is 2.32. The van der Waals surface area contributed by atoms with E-state index in [9.17, 15) is 4.79 Å². The lowest BCUT2D eigenvalue weighted by Crippen LogP contribution is -2.48. The third kappa shape index (κ3) is 3.84. The number of ether oxygens (including phenoxy) is 1. The Labute approximate surface area is 120 Å². The standard InChI is InChI=1S/C16H22N2O2/c1-13(2)8-9-17-16(19)18-10-11-20-12-15(18)14-6-4-3-5-7-14/h3-8,15H,9-12H2,1-2H3,(H,17,19)/t15-/m0/s1. The second kappa shape index (κ2) is 7.10. The predicted octanol–water partition coefficient (Wildman–Crippen LogP) is 2.74. The largest absolute Gasteiger partial charge is 0.377 e. The van der Waals surface area contributed by atoms with E-state index in [-0.39, 0.29) is 12.1 Å². The number of amides is 2. The Morgan fingerprint density at radius 3 is 2.85 bits per heavy atom. The zero-order valence-corrected chi connectivity index (χ0v) is 12.1. The van der Waals surface area contributed by atoms with Crippen molar-refractivity contribution in [2.45, 2.75) is 19.9 Å². The van der Waals surface area contributed by atoms with Gasteiger partial charge >= 0.3 is 6.03 Å². The van der Waals surface area contributed by atoms with Crippen molar-refractivity contribution in [1.82, 2.24) is 10.2 Å². The quantitative estimate of drug-likeness (QED) is 0.861. The molecular formula is C16H22N2O2. The van der Waals surface area contributed by atoms with Crippen molar-refractivity contribution in [3.63, 3.8) is 0 Å². The molecule has 1 heterocycles. The molecule has 1 fully saturated rings. The summed E-state index contributed by atoms with van der Waals surface area (Å²) in [6, 6.07) is 10.0. The molecule has 1 aliphatic rings. The number of morpholine rings is 1. The van der Waals surface area contributed by atoms with Crippen LogP contribution in [0.3, 0.4) is 0 Å². The van der Waals surface area contributed by atoms with E-state index < -0.39 is 0 Å². The van der Waals surface area contributed by atoms with Crippen LogP contribution >= 0.6 is 0 Å². The highest BCUT2D eigenvalue weighted by Crippen LogP contribution is 2.23. The molecule has 108 valence electrons. The molecule has 1 atom stereocenters. The molecule has 0 radical (unpaired) electrons. The third-order valence-corrected chi connectivity index (χ3v) is 3.34. The topological polar surface area (TPSA) is 41.6 Å². The predicted molar refractivity (Wildman–Crippen MR) is 79.5 cm³/mol. The van der Waals surface area contributed by atoms with E-state index in [0.717, 1.165) is 5.56 Å². The van der Waals surface area contributed by atoms with Gasteiger partial charge in [0.15, 0.2) is 0 Å². The van der Waals surface area contributed by atoms with Gasteiger partial charge in [0.05, 0.1) is 19.3 Å². The summed E-state index contributed by atoms with van der Waals surface area (Å²) >= 11 is 0. The molecule has 1 aromatic rings. The molecule has 0 unspecified atom stereocenters. The molecule has 2 amide bonds. The molecule has 1 saturated heterocycles. The van der Waals surface area contributed by atoms with Crippen LogP contribution in [-0.4, -0.2) is 37.2 Å². The van der Waals surface area contributed by atoms with Gasteiger partial charge < -0.3 is 15.0 Å². The second-order valence-corrected chi connectivity index (χ2v) is 5.16. The number of benzene rings is 1. The third-order valence-electron chi connectivity index (χ3n) is 3.34. The molecule has 1 N–H and O–H groups in total. The maximum absolute atomic E-state index is 12.3. The molecule has 0 spiro atoms. The van der Waals surface area contributed by atoms with Crippen molar-refractivity contribution in [2.75, 3.05) is 26.3 Å². The van der Waals surface area contributed by atoms with Crippen LogP contribution in [0.1, 0.15) is 25.5 Å². The van der Waals surface area contributed by atoms with Gasteiger partial charge in [0, 0.05) is 13.1 Å². The minimum atomic E-state index is -0.0281. The van der Waals surface area contributed by atoms with E-state index in [0.29, 0.717) is 26.3 Å². The normalized spacial score (nSPS) is 18.5. The second-order valence-electron chi connectivity index (χ2n) is 5.16. The molecule has 0 bridgehead atoms. The molecule has 4 nitrogen and oxygen atoms in total. The summed E-state index contributed by atoms with van der Waals surface area (Å²) in [5.74, 6) is 0. The average molecular weight is 274 g/mol. The van der Waals surface area contributed by atoms with E-state index in [2.05, 4.69) is 5.32 Å². The van der Waals surface area contributed by atoms with Gasteiger partial charge in [0.25, 0.3) is 0 Å². The summed E-state index contributed by atoms with van der Waals surface area (Å²) in [7, 11) is 0. The smallest absolute Gasteiger partial charge is 0.318 e. The van der Waals surface area contributed by atoms with E-state index >= 15 is 0 Å². The molecule has 1 aliphatic heterocycles. The van der Waals surface area contributed by atoms with Crippen LogP contribution in [0.4, 0.5) is 4.79 Å². The van der Waals surface area contributed by atoms with Crippen LogP contribution in [-0.2, 0) is 4.74 Å². The number of hydrogen-bond acceptors (Lipinski definition) is 2. The van der Waals surface area contributed by atoms with Crippen molar-refractivity contribution in [3.8, 4) is 0 Å². The minimum Gasteiger partial charge on any atom is -0.377 e. The molecule has 1 aromatic carbocycles. The van der Waals surface area contributed by atoms with E-state index in [1.165, 1.54) is 5.57 Å². The first-order valence-corrected chi connectivity index (χ1v) is 6.99. The van der Waals surface area contributed by atoms with Crippen molar-refractivity contribution in [2.24, 2.45) is 0 Å². The van der Waals surface area contributed by atoms with E-state index in [1.807, 2.05) is 55.2 Å². The Balaban J connectivity index is 2.03. The van der Waals surface area contributed by atoms with Crippen LogP contribution in [0.5, 0.6) is 0 Å². The SMILES string of the molecule is CC(C)=CCNC(=O)N1CCOC[C@H]1c1ccccc1. The molecule has 0 saturated carbocycles. The number of nitrogens with zero attached hydrogens (tertiary/aromatic N) is 1. The number of carbonyl (C=O) groups excluding carboxylic acids is 1. The Morgan fingerprint density at radius 2 is 2.15 bits per heavy atom. The van der Waals surface area contributed by atoms with Crippen molar-refractivity contribution < 1.29 is 9.53 Å². The number of urea groups is 1. The molecule has 20 heavy (non-hydrogen) atoms. The summed E-state index contributed by atoms with van der Waals surface area (Å²) in [4.78, 5) is 14.2. The number of allylic oxidation sites excluding steroid dienone is 1. The zero-order chi connectivity index (χ0) is 14.4. The summed E-state index contributed by atoms with van der Waals surface area (Å²) in [5, 5.41) is 2.94. The Kier molecular flexibility index (Phi) is 5.18. The average Bonchev–Trinajstić information content (AvgIpc) is 2.47. The van der Waals surface area contributed by atoms with E-state index in [4.69, 9.17) is 4.74 Å². The van der Waals surface area contributed by atoms with Gasteiger partial charge in [-0.05, 0) is 19.4 Å². The van der Waals surface area contributed by atoms with Gasteiger partial charge in [0.1, 0.15) is 0 Å². The van der Waals surface area contributed by atoms with Crippen LogP contribution in [0.2, 0.25) is 0 Å². The molecule has 0 aromatic heterocycles. The highest BCUT2D eigenvalue weighted by molar-refractivity contribution is 5.75. The number of carbonyl (C=O) groups is 1.